The largest absolute Gasteiger partial charge is 0.387 e. The fourth-order valence-electron chi connectivity index (χ4n) is 1.77. The SMILES string of the molecule is Cl.O=C(NCC(O)c1ccc(Cl)cc1Cl)[C@H]1CSCN1. The molecule has 1 aliphatic rings. The molecule has 1 fully saturated rings. The molecule has 4 nitrogen and oxygen atoms in total. The van der Waals surface area contributed by atoms with Crippen molar-refractivity contribution in [2.75, 3.05) is 18.2 Å². The third-order valence-electron chi connectivity index (χ3n) is 2.82. The van der Waals surface area contributed by atoms with Crippen molar-refractivity contribution in [2.45, 2.75) is 12.1 Å². The van der Waals surface area contributed by atoms with Crippen LogP contribution in [0.4, 0.5) is 0 Å². The van der Waals surface area contributed by atoms with Crippen LogP contribution in [-0.4, -0.2) is 35.2 Å². The van der Waals surface area contributed by atoms with E-state index in [9.17, 15) is 9.90 Å². The Bertz CT molecular complexity index is 470. The normalized spacial score (nSPS) is 19.2. The minimum Gasteiger partial charge on any atom is -0.387 e. The Hall–Kier alpha value is -0.170. The van der Waals surface area contributed by atoms with Crippen molar-refractivity contribution >= 4 is 53.3 Å². The molecule has 1 aromatic carbocycles. The van der Waals surface area contributed by atoms with Gasteiger partial charge in [0.15, 0.2) is 0 Å². The zero-order chi connectivity index (χ0) is 13.8. The molecule has 1 unspecified atom stereocenters. The van der Waals surface area contributed by atoms with Crippen LogP contribution in [0.3, 0.4) is 0 Å². The van der Waals surface area contributed by atoms with Crippen LogP contribution in [0.2, 0.25) is 10.0 Å². The Kier molecular flexibility index (Phi) is 7.43. The number of amides is 1. The van der Waals surface area contributed by atoms with E-state index in [1.165, 1.54) is 0 Å². The van der Waals surface area contributed by atoms with Gasteiger partial charge in [-0.3, -0.25) is 10.1 Å². The molecular weight excluding hydrogens is 343 g/mol. The zero-order valence-corrected chi connectivity index (χ0v) is 13.6. The summed E-state index contributed by atoms with van der Waals surface area (Å²) in [4.78, 5) is 11.8. The number of rotatable bonds is 4. The van der Waals surface area contributed by atoms with Gasteiger partial charge >= 0.3 is 0 Å². The van der Waals surface area contributed by atoms with E-state index >= 15 is 0 Å². The number of hydrogen-bond acceptors (Lipinski definition) is 4. The minimum atomic E-state index is -0.845. The molecule has 112 valence electrons. The van der Waals surface area contributed by atoms with Crippen molar-refractivity contribution in [1.82, 2.24) is 10.6 Å². The molecule has 20 heavy (non-hydrogen) atoms. The second-order valence-corrected chi connectivity index (χ2v) is 6.07. The molecule has 2 atom stereocenters. The molecule has 0 aliphatic carbocycles. The molecule has 0 spiro atoms. The quantitative estimate of drug-likeness (QED) is 0.773. The van der Waals surface area contributed by atoms with Crippen molar-refractivity contribution in [2.24, 2.45) is 0 Å². The molecule has 0 bridgehead atoms. The summed E-state index contributed by atoms with van der Waals surface area (Å²) in [6, 6.07) is 4.70. The number of benzene rings is 1. The number of carbonyl (C=O) groups is 1. The van der Waals surface area contributed by atoms with Crippen LogP contribution >= 0.6 is 47.4 Å². The number of carbonyl (C=O) groups excluding carboxylic acids is 1. The van der Waals surface area contributed by atoms with Crippen molar-refractivity contribution in [1.29, 1.82) is 0 Å². The van der Waals surface area contributed by atoms with E-state index in [2.05, 4.69) is 10.6 Å². The summed E-state index contributed by atoms with van der Waals surface area (Å²) in [6.07, 6.45) is -0.845. The first kappa shape index (κ1) is 17.9. The van der Waals surface area contributed by atoms with Gasteiger partial charge in [0.05, 0.1) is 12.1 Å². The van der Waals surface area contributed by atoms with Gasteiger partial charge in [0.1, 0.15) is 0 Å². The van der Waals surface area contributed by atoms with Crippen LogP contribution in [0, 0.1) is 0 Å². The number of aliphatic hydroxyl groups excluding tert-OH is 1. The average molecular weight is 358 g/mol. The summed E-state index contributed by atoms with van der Waals surface area (Å²) in [5.74, 6) is 1.43. The van der Waals surface area contributed by atoms with Crippen LogP contribution in [0.5, 0.6) is 0 Å². The summed E-state index contributed by atoms with van der Waals surface area (Å²) in [5.41, 5.74) is 0.556. The van der Waals surface area contributed by atoms with Crippen molar-refractivity contribution < 1.29 is 9.90 Å². The molecule has 1 amide bonds. The lowest BCUT2D eigenvalue weighted by Gasteiger charge is -2.16. The lowest BCUT2D eigenvalue weighted by Crippen LogP contribution is -2.43. The fraction of sp³-hybridized carbons (Fsp3) is 0.417. The Morgan fingerprint density at radius 2 is 2.30 bits per heavy atom. The van der Waals surface area contributed by atoms with Gasteiger partial charge in [0.25, 0.3) is 0 Å². The average Bonchev–Trinajstić information content (AvgIpc) is 2.89. The second kappa shape index (κ2) is 8.32. The van der Waals surface area contributed by atoms with Gasteiger partial charge in [-0.15, -0.1) is 24.2 Å². The van der Waals surface area contributed by atoms with Crippen LogP contribution in [-0.2, 0) is 4.79 Å². The molecule has 1 aliphatic heterocycles. The van der Waals surface area contributed by atoms with Crippen LogP contribution in [0.25, 0.3) is 0 Å². The standard InChI is InChI=1S/C12H14Cl2N2O2S.ClH/c13-7-1-2-8(9(14)3-7)11(17)4-15-12(18)10-5-19-6-16-10;/h1-3,10-11,16-17H,4-6H2,(H,15,18);1H/t10-,11?;/m1./s1. The molecule has 2 rings (SSSR count). The van der Waals surface area contributed by atoms with E-state index < -0.39 is 6.10 Å². The number of thioether (sulfide) groups is 1. The van der Waals surface area contributed by atoms with E-state index in [1.54, 1.807) is 30.0 Å². The third-order valence-corrected chi connectivity index (χ3v) is 4.33. The van der Waals surface area contributed by atoms with Gasteiger partial charge in [-0.2, -0.15) is 0 Å². The predicted octanol–water partition coefficient (Wildman–Crippen LogP) is 2.23. The highest BCUT2D eigenvalue weighted by Crippen LogP contribution is 2.25. The molecule has 0 radical (unpaired) electrons. The Labute approximate surface area is 138 Å². The summed E-state index contributed by atoms with van der Waals surface area (Å²) in [6.45, 7) is 0.128. The lowest BCUT2D eigenvalue weighted by atomic mass is 10.1. The summed E-state index contributed by atoms with van der Waals surface area (Å²) in [7, 11) is 0. The number of halogens is 3. The van der Waals surface area contributed by atoms with Crippen molar-refractivity contribution in [3.05, 3.63) is 33.8 Å². The van der Waals surface area contributed by atoms with Gasteiger partial charge in [-0.05, 0) is 12.1 Å². The van der Waals surface area contributed by atoms with E-state index in [1.807, 2.05) is 0 Å². The Balaban J connectivity index is 0.00000200. The van der Waals surface area contributed by atoms with Crippen LogP contribution < -0.4 is 10.6 Å². The number of nitrogens with one attached hydrogen (secondary N) is 2. The topological polar surface area (TPSA) is 61.4 Å². The zero-order valence-electron chi connectivity index (χ0n) is 10.4. The molecule has 1 saturated heterocycles. The van der Waals surface area contributed by atoms with Crippen LogP contribution in [0.1, 0.15) is 11.7 Å². The summed E-state index contributed by atoms with van der Waals surface area (Å²) < 4.78 is 0. The number of hydrogen-bond donors (Lipinski definition) is 3. The molecule has 8 heteroatoms. The Morgan fingerprint density at radius 3 is 2.90 bits per heavy atom. The van der Waals surface area contributed by atoms with Gasteiger partial charge < -0.3 is 10.4 Å². The maximum absolute atomic E-state index is 11.8. The van der Waals surface area contributed by atoms with Gasteiger partial charge in [-0.1, -0.05) is 29.3 Å². The molecule has 1 aromatic rings. The maximum atomic E-state index is 11.8. The van der Waals surface area contributed by atoms with Crippen LogP contribution in [0.15, 0.2) is 18.2 Å². The minimum absolute atomic E-state index is 0. The van der Waals surface area contributed by atoms with E-state index in [4.69, 9.17) is 23.2 Å². The molecule has 0 aromatic heterocycles. The lowest BCUT2D eigenvalue weighted by molar-refractivity contribution is -0.122. The van der Waals surface area contributed by atoms with Crippen molar-refractivity contribution in [3.8, 4) is 0 Å². The molecular formula is C12H15Cl3N2O2S. The van der Waals surface area contributed by atoms with E-state index in [0.717, 1.165) is 11.6 Å². The third kappa shape index (κ3) is 4.69. The van der Waals surface area contributed by atoms with Gasteiger partial charge in [0.2, 0.25) is 5.91 Å². The predicted molar refractivity (Wildman–Crippen MR) is 85.9 cm³/mol. The summed E-state index contributed by atoms with van der Waals surface area (Å²) in [5, 5.41) is 16.7. The highest BCUT2D eigenvalue weighted by atomic mass is 35.5. The smallest absolute Gasteiger partial charge is 0.238 e. The van der Waals surface area contributed by atoms with Crippen molar-refractivity contribution in [3.63, 3.8) is 0 Å². The fourth-order valence-corrected chi connectivity index (χ4v) is 3.24. The van der Waals surface area contributed by atoms with Gasteiger partial charge in [0, 0.05) is 33.8 Å². The first-order valence-corrected chi connectivity index (χ1v) is 7.71. The highest BCUT2D eigenvalue weighted by molar-refractivity contribution is 7.99. The summed E-state index contributed by atoms with van der Waals surface area (Å²) >= 11 is 13.5. The maximum Gasteiger partial charge on any atom is 0.238 e. The first-order chi connectivity index (χ1) is 9.08. The van der Waals surface area contributed by atoms with Gasteiger partial charge in [-0.25, -0.2) is 0 Å². The second-order valence-electron chi connectivity index (χ2n) is 4.20. The monoisotopic (exact) mass is 356 g/mol. The number of aliphatic hydroxyl groups is 1. The molecule has 1 heterocycles. The Morgan fingerprint density at radius 1 is 1.55 bits per heavy atom. The van der Waals surface area contributed by atoms with E-state index in [-0.39, 0.29) is 30.9 Å². The molecule has 3 N–H and O–H groups in total. The molecule has 0 saturated carbocycles. The highest BCUT2D eigenvalue weighted by Gasteiger charge is 2.23. The first-order valence-electron chi connectivity index (χ1n) is 5.80. The van der Waals surface area contributed by atoms with E-state index in [0.29, 0.717) is 15.6 Å².